The normalized spacial score (nSPS) is 15.2. The van der Waals surface area contributed by atoms with Gasteiger partial charge in [0.25, 0.3) is 0 Å². The summed E-state index contributed by atoms with van der Waals surface area (Å²) in [5, 5.41) is 2.83. The Bertz CT molecular complexity index is 1580. The average Bonchev–Trinajstić information content (AvgIpc) is 3.57. The first-order valence-electron chi connectivity index (χ1n) is 17.1. The lowest BCUT2D eigenvalue weighted by Crippen LogP contribution is -2.40. The van der Waals surface area contributed by atoms with Gasteiger partial charge >= 0.3 is 6.18 Å². The molecule has 1 amide bonds. The highest BCUT2D eigenvalue weighted by Crippen LogP contribution is 2.37. The van der Waals surface area contributed by atoms with Crippen molar-refractivity contribution < 1.29 is 22.7 Å². The van der Waals surface area contributed by atoms with Gasteiger partial charge in [-0.15, -0.1) is 0 Å². The monoisotopic (exact) mass is 691 g/mol. The molecule has 0 radical (unpaired) electrons. The summed E-state index contributed by atoms with van der Waals surface area (Å²) in [7, 11) is 0. The van der Waals surface area contributed by atoms with Gasteiger partial charge in [0.05, 0.1) is 23.6 Å². The summed E-state index contributed by atoms with van der Waals surface area (Å²) in [5.41, 5.74) is 2.73. The molecule has 1 aliphatic heterocycles. The Balaban J connectivity index is 1.24. The Labute approximate surface area is 293 Å². The maximum absolute atomic E-state index is 13.7. The molecule has 1 fully saturated rings. The Morgan fingerprint density at radius 2 is 1.67 bits per heavy atom. The first-order chi connectivity index (χ1) is 23.7. The molecule has 1 N–H and O–H groups in total. The van der Waals surface area contributed by atoms with Crippen LogP contribution in [0.5, 0.6) is 5.75 Å². The SMILES string of the molecule is CCN1CCCC1CNC(=O)Cc1cccc(OCCCN(Cc2cccc(C(F)(F)F)c2Cl)CC(c2ccccc2)c2ccccc2)c1. The highest BCUT2D eigenvalue weighted by atomic mass is 35.5. The van der Waals surface area contributed by atoms with E-state index in [1.165, 1.54) is 12.5 Å². The molecule has 0 aromatic heterocycles. The van der Waals surface area contributed by atoms with E-state index in [2.05, 4.69) is 46.3 Å². The molecule has 5 nitrogen and oxygen atoms in total. The van der Waals surface area contributed by atoms with Gasteiger partial charge in [0.1, 0.15) is 5.75 Å². The van der Waals surface area contributed by atoms with Crippen molar-refractivity contribution >= 4 is 17.5 Å². The van der Waals surface area contributed by atoms with E-state index in [4.69, 9.17) is 16.3 Å². The molecule has 4 aromatic carbocycles. The maximum Gasteiger partial charge on any atom is 0.417 e. The standard InChI is InChI=1S/C40H45ClF3N3O2/c1-2-47-23-11-19-34(47)27-45-38(48)26-30-13-9-20-35(25-30)49-24-12-22-46(28-33-18-10-21-37(39(33)41)40(42,43)44)29-36(31-14-5-3-6-15-31)32-16-7-4-8-17-32/h3-10,13-18,20-21,25,34,36H,2,11-12,19,22-24,26-29H2,1H3,(H,45,48). The predicted octanol–water partition coefficient (Wildman–Crippen LogP) is 8.61. The van der Waals surface area contributed by atoms with Crippen molar-refractivity contribution in [2.45, 2.75) is 57.3 Å². The molecule has 0 aliphatic carbocycles. The van der Waals surface area contributed by atoms with Gasteiger partial charge in [0, 0.05) is 38.1 Å². The van der Waals surface area contributed by atoms with Gasteiger partial charge in [-0.2, -0.15) is 13.2 Å². The van der Waals surface area contributed by atoms with Crippen LogP contribution in [0.2, 0.25) is 5.02 Å². The number of nitrogens with zero attached hydrogens (tertiary/aromatic N) is 2. The highest BCUT2D eigenvalue weighted by molar-refractivity contribution is 6.32. The van der Waals surface area contributed by atoms with Crippen molar-refractivity contribution in [1.82, 2.24) is 15.1 Å². The molecule has 260 valence electrons. The van der Waals surface area contributed by atoms with Gasteiger partial charge in [-0.3, -0.25) is 14.6 Å². The summed E-state index contributed by atoms with van der Waals surface area (Å²) < 4.78 is 47.3. The summed E-state index contributed by atoms with van der Waals surface area (Å²) in [6, 6.07) is 32.4. The number of carbonyl (C=O) groups excluding carboxylic acids is 1. The van der Waals surface area contributed by atoms with Crippen molar-refractivity contribution in [3.05, 3.63) is 136 Å². The summed E-state index contributed by atoms with van der Waals surface area (Å²) >= 11 is 6.36. The quantitative estimate of drug-likeness (QED) is 0.120. The lowest BCUT2D eigenvalue weighted by atomic mass is 9.90. The topological polar surface area (TPSA) is 44.8 Å². The molecule has 49 heavy (non-hydrogen) atoms. The van der Waals surface area contributed by atoms with Crippen LogP contribution in [0.15, 0.2) is 103 Å². The van der Waals surface area contributed by atoms with Gasteiger partial charge in [-0.05, 0) is 72.8 Å². The molecule has 5 rings (SSSR count). The van der Waals surface area contributed by atoms with Gasteiger partial charge in [0.2, 0.25) is 5.91 Å². The lowest BCUT2D eigenvalue weighted by Gasteiger charge is -2.29. The summed E-state index contributed by atoms with van der Waals surface area (Å²) in [6.45, 7) is 6.70. The second kappa shape index (κ2) is 17.7. The van der Waals surface area contributed by atoms with Gasteiger partial charge in [0.15, 0.2) is 0 Å². The first-order valence-corrected chi connectivity index (χ1v) is 17.5. The number of rotatable bonds is 16. The number of ether oxygens (including phenoxy) is 1. The van der Waals surface area contributed by atoms with Crippen LogP contribution in [0.4, 0.5) is 13.2 Å². The fourth-order valence-electron chi connectivity index (χ4n) is 6.67. The Hall–Kier alpha value is -3.85. The number of hydrogen-bond donors (Lipinski definition) is 1. The molecular formula is C40H45ClF3N3O2. The van der Waals surface area contributed by atoms with E-state index < -0.39 is 11.7 Å². The van der Waals surface area contributed by atoms with Crippen LogP contribution in [0.1, 0.15) is 59.9 Å². The van der Waals surface area contributed by atoms with E-state index in [1.807, 2.05) is 60.7 Å². The van der Waals surface area contributed by atoms with Crippen molar-refractivity contribution in [3.8, 4) is 5.75 Å². The number of nitrogens with one attached hydrogen (secondary N) is 1. The van der Waals surface area contributed by atoms with Crippen LogP contribution in [0.25, 0.3) is 0 Å². The van der Waals surface area contributed by atoms with E-state index >= 15 is 0 Å². The third-order valence-corrected chi connectivity index (χ3v) is 9.66. The van der Waals surface area contributed by atoms with Gasteiger partial charge < -0.3 is 10.1 Å². The Kier molecular flexibility index (Phi) is 13.2. The van der Waals surface area contributed by atoms with Crippen molar-refractivity contribution in [3.63, 3.8) is 0 Å². The fraction of sp³-hybridized carbons (Fsp3) is 0.375. The van der Waals surface area contributed by atoms with Crippen LogP contribution < -0.4 is 10.1 Å². The number of benzene rings is 4. The smallest absolute Gasteiger partial charge is 0.417 e. The van der Waals surface area contributed by atoms with Crippen LogP contribution >= 0.6 is 11.6 Å². The number of alkyl halides is 3. The van der Waals surface area contributed by atoms with Crippen molar-refractivity contribution in [2.75, 3.05) is 39.3 Å². The molecule has 1 heterocycles. The molecule has 1 atom stereocenters. The molecule has 1 unspecified atom stereocenters. The number of carbonyl (C=O) groups is 1. The van der Waals surface area contributed by atoms with E-state index in [-0.39, 0.29) is 29.8 Å². The van der Waals surface area contributed by atoms with E-state index in [0.717, 1.165) is 42.3 Å². The molecule has 0 spiro atoms. The zero-order valence-corrected chi connectivity index (χ0v) is 28.7. The fourth-order valence-corrected chi connectivity index (χ4v) is 6.97. The third-order valence-electron chi connectivity index (χ3n) is 9.21. The summed E-state index contributed by atoms with van der Waals surface area (Å²) in [6.07, 6.45) is -1.34. The minimum absolute atomic E-state index is 0.00427. The first kappa shape index (κ1) is 36.4. The molecule has 0 bridgehead atoms. The van der Waals surface area contributed by atoms with Gasteiger partial charge in [-0.1, -0.05) is 103 Å². The largest absolute Gasteiger partial charge is 0.494 e. The van der Waals surface area contributed by atoms with Crippen LogP contribution in [0, 0.1) is 0 Å². The maximum atomic E-state index is 13.7. The number of hydrogen-bond acceptors (Lipinski definition) is 4. The van der Waals surface area contributed by atoms with Gasteiger partial charge in [-0.25, -0.2) is 0 Å². The highest BCUT2D eigenvalue weighted by Gasteiger charge is 2.34. The van der Waals surface area contributed by atoms with E-state index in [0.29, 0.717) is 50.0 Å². The number of halogens is 4. The number of amides is 1. The zero-order valence-electron chi connectivity index (χ0n) is 28.0. The Morgan fingerprint density at radius 1 is 0.980 bits per heavy atom. The van der Waals surface area contributed by atoms with E-state index in [1.54, 1.807) is 6.07 Å². The molecule has 1 saturated heterocycles. The molecule has 1 aliphatic rings. The zero-order chi connectivity index (χ0) is 34.6. The molecule has 9 heteroatoms. The number of likely N-dealkylation sites (N-methyl/N-ethyl adjacent to an activating group) is 1. The second-order valence-electron chi connectivity index (χ2n) is 12.6. The average molecular weight is 692 g/mol. The molecular weight excluding hydrogens is 647 g/mol. The summed E-state index contributed by atoms with van der Waals surface area (Å²) in [4.78, 5) is 17.3. The third kappa shape index (κ3) is 10.6. The number of likely N-dealkylation sites (tertiary alicyclic amines) is 1. The predicted molar refractivity (Wildman–Crippen MR) is 190 cm³/mol. The van der Waals surface area contributed by atoms with Crippen LogP contribution in [-0.2, 0) is 23.9 Å². The molecule has 0 saturated carbocycles. The summed E-state index contributed by atoms with van der Waals surface area (Å²) in [5.74, 6) is 0.669. The molecule has 4 aromatic rings. The van der Waals surface area contributed by atoms with Crippen LogP contribution in [0.3, 0.4) is 0 Å². The van der Waals surface area contributed by atoms with Crippen molar-refractivity contribution in [1.29, 1.82) is 0 Å². The van der Waals surface area contributed by atoms with Crippen LogP contribution in [-0.4, -0.2) is 61.1 Å². The minimum Gasteiger partial charge on any atom is -0.494 e. The van der Waals surface area contributed by atoms with Crippen molar-refractivity contribution in [2.24, 2.45) is 0 Å². The Morgan fingerprint density at radius 3 is 2.35 bits per heavy atom. The lowest BCUT2D eigenvalue weighted by molar-refractivity contribution is -0.137. The second-order valence-corrected chi connectivity index (χ2v) is 13.0. The van der Waals surface area contributed by atoms with E-state index in [9.17, 15) is 18.0 Å². The minimum atomic E-state index is -4.54.